The van der Waals surface area contributed by atoms with Crippen molar-refractivity contribution < 1.29 is 14.0 Å². The van der Waals surface area contributed by atoms with Crippen LogP contribution >= 0.6 is 11.6 Å². The van der Waals surface area contributed by atoms with E-state index < -0.39 is 17.8 Å². The fourth-order valence-electron chi connectivity index (χ4n) is 3.00. The van der Waals surface area contributed by atoms with Crippen LogP contribution in [-0.4, -0.2) is 26.7 Å². The highest BCUT2D eigenvalue weighted by atomic mass is 35.5. The number of amides is 3. The second-order valence-electron chi connectivity index (χ2n) is 7.02. The molecular formula is C23H18ClFN6O2. The molecule has 2 aromatic heterocycles. The molecule has 3 N–H and O–H groups in total. The number of para-hydroxylation sites is 1. The first-order valence-electron chi connectivity index (χ1n) is 9.81. The van der Waals surface area contributed by atoms with E-state index in [1.54, 1.807) is 36.4 Å². The van der Waals surface area contributed by atoms with Gasteiger partial charge >= 0.3 is 6.03 Å². The third-order valence-corrected chi connectivity index (χ3v) is 4.88. The van der Waals surface area contributed by atoms with E-state index in [-0.39, 0.29) is 11.3 Å². The van der Waals surface area contributed by atoms with E-state index in [0.29, 0.717) is 22.2 Å². The molecule has 10 heteroatoms. The minimum Gasteiger partial charge on any atom is -0.307 e. The zero-order valence-electron chi connectivity index (χ0n) is 17.3. The summed E-state index contributed by atoms with van der Waals surface area (Å²) in [6.45, 7) is 1.81. The normalized spacial score (nSPS) is 10.5. The maximum atomic E-state index is 14.5. The predicted molar refractivity (Wildman–Crippen MR) is 125 cm³/mol. The number of pyridine rings is 1. The summed E-state index contributed by atoms with van der Waals surface area (Å²) in [5.41, 5.74) is 1.77. The summed E-state index contributed by atoms with van der Waals surface area (Å²) in [6.07, 6.45) is 2.78. The number of aryl methyl sites for hydroxylation is 1. The zero-order chi connectivity index (χ0) is 23.4. The van der Waals surface area contributed by atoms with Crippen LogP contribution in [0.3, 0.4) is 0 Å². The first-order chi connectivity index (χ1) is 15.9. The Morgan fingerprint density at radius 2 is 1.82 bits per heavy atom. The van der Waals surface area contributed by atoms with Crippen molar-refractivity contribution in [3.05, 3.63) is 95.2 Å². The van der Waals surface area contributed by atoms with Crippen LogP contribution in [0.1, 0.15) is 16.1 Å². The van der Waals surface area contributed by atoms with Crippen molar-refractivity contribution in [2.75, 3.05) is 16.0 Å². The number of anilines is 3. The quantitative estimate of drug-likeness (QED) is 0.374. The molecule has 0 bridgehead atoms. The number of carbonyl (C=O) groups is 2. The summed E-state index contributed by atoms with van der Waals surface area (Å²) < 4.78 is 15.7. The van der Waals surface area contributed by atoms with Crippen LogP contribution in [-0.2, 0) is 0 Å². The molecule has 0 aliphatic rings. The molecular weight excluding hydrogens is 447 g/mol. The summed E-state index contributed by atoms with van der Waals surface area (Å²) in [4.78, 5) is 29.1. The van der Waals surface area contributed by atoms with Gasteiger partial charge in [0, 0.05) is 11.3 Å². The van der Waals surface area contributed by atoms with Gasteiger partial charge in [0.25, 0.3) is 5.91 Å². The third kappa shape index (κ3) is 5.34. The maximum Gasteiger partial charge on any atom is 0.323 e. The van der Waals surface area contributed by atoms with Crippen molar-refractivity contribution in [1.29, 1.82) is 0 Å². The first kappa shape index (κ1) is 22.0. The van der Waals surface area contributed by atoms with Gasteiger partial charge in [0.1, 0.15) is 17.3 Å². The number of hydrogen-bond donors (Lipinski definition) is 3. The van der Waals surface area contributed by atoms with Gasteiger partial charge in [0.15, 0.2) is 0 Å². The molecule has 0 unspecified atom stereocenters. The number of aromatic nitrogens is 3. The van der Waals surface area contributed by atoms with Crippen molar-refractivity contribution in [2.45, 2.75) is 6.92 Å². The Bertz CT molecular complexity index is 1340. The Morgan fingerprint density at radius 3 is 2.61 bits per heavy atom. The molecule has 0 saturated heterocycles. The number of carbonyl (C=O) groups excluding carboxylic acids is 2. The molecule has 166 valence electrons. The lowest BCUT2D eigenvalue weighted by atomic mass is 10.1. The summed E-state index contributed by atoms with van der Waals surface area (Å²) >= 11 is 6.03. The van der Waals surface area contributed by atoms with E-state index in [2.05, 4.69) is 26.0 Å². The third-order valence-electron chi connectivity index (χ3n) is 4.55. The second kappa shape index (κ2) is 9.49. The number of halogens is 2. The molecule has 4 rings (SSSR count). The smallest absolute Gasteiger partial charge is 0.307 e. The van der Waals surface area contributed by atoms with E-state index in [1.165, 1.54) is 35.3 Å². The molecule has 2 aromatic carbocycles. The van der Waals surface area contributed by atoms with Crippen molar-refractivity contribution in [2.24, 2.45) is 0 Å². The summed E-state index contributed by atoms with van der Waals surface area (Å²) in [7, 11) is 0. The highest BCUT2D eigenvalue weighted by Gasteiger charge is 2.14. The lowest BCUT2D eigenvalue weighted by Crippen LogP contribution is -2.19. The van der Waals surface area contributed by atoms with Crippen LogP contribution in [0.25, 0.3) is 5.69 Å². The van der Waals surface area contributed by atoms with Gasteiger partial charge in [-0.3, -0.25) is 4.79 Å². The van der Waals surface area contributed by atoms with Gasteiger partial charge in [-0.25, -0.2) is 18.9 Å². The average molecular weight is 465 g/mol. The molecule has 0 saturated carbocycles. The molecule has 0 aliphatic carbocycles. The fraction of sp³-hybridized carbons (Fsp3) is 0.0435. The molecule has 0 aliphatic heterocycles. The van der Waals surface area contributed by atoms with Gasteiger partial charge in [-0.2, -0.15) is 5.10 Å². The molecule has 8 nitrogen and oxygen atoms in total. The van der Waals surface area contributed by atoms with E-state index >= 15 is 0 Å². The monoisotopic (exact) mass is 464 g/mol. The minimum atomic E-state index is -0.588. The van der Waals surface area contributed by atoms with Gasteiger partial charge < -0.3 is 16.0 Å². The second-order valence-corrected chi connectivity index (χ2v) is 7.42. The van der Waals surface area contributed by atoms with Crippen LogP contribution in [0, 0.1) is 12.7 Å². The fourth-order valence-corrected chi connectivity index (χ4v) is 3.18. The van der Waals surface area contributed by atoms with Gasteiger partial charge in [0.2, 0.25) is 0 Å². The molecule has 4 aromatic rings. The number of nitrogens with one attached hydrogen (secondary N) is 3. The molecule has 33 heavy (non-hydrogen) atoms. The summed E-state index contributed by atoms with van der Waals surface area (Å²) in [5.74, 6) is -0.643. The van der Waals surface area contributed by atoms with Gasteiger partial charge in [-0.05, 0) is 49.4 Å². The Hall–Kier alpha value is -4.24. The van der Waals surface area contributed by atoms with Crippen molar-refractivity contribution >= 4 is 40.7 Å². The highest BCUT2D eigenvalue weighted by Crippen LogP contribution is 2.21. The van der Waals surface area contributed by atoms with E-state index in [9.17, 15) is 14.0 Å². The molecule has 0 atom stereocenters. The standard InChI is InChI=1S/C23H18ClFN6O2/c1-14-5-4-8-21(27-14)30-22(32)15-9-10-18(25)20(11-15)31-13-16(12-26-31)28-23(33)29-19-7-3-2-6-17(19)24/h2-13H,1H3,(H,27,30,32)(H2,28,29,33). The molecule has 0 radical (unpaired) electrons. The minimum absolute atomic E-state index is 0.0411. The van der Waals surface area contributed by atoms with Gasteiger partial charge in [-0.1, -0.05) is 29.8 Å². The lowest BCUT2D eigenvalue weighted by molar-refractivity contribution is 0.102. The van der Waals surface area contributed by atoms with Crippen LogP contribution < -0.4 is 16.0 Å². The number of rotatable bonds is 5. The van der Waals surface area contributed by atoms with E-state index in [4.69, 9.17) is 11.6 Å². The van der Waals surface area contributed by atoms with E-state index in [0.717, 1.165) is 5.69 Å². The molecule has 2 heterocycles. The molecule has 0 spiro atoms. The number of benzene rings is 2. The van der Waals surface area contributed by atoms with Crippen LogP contribution in [0.15, 0.2) is 73.1 Å². The van der Waals surface area contributed by atoms with Crippen molar-refractivity contribution in [1.82, 2.24) is 14.8 Å². The largest absolute Gasteiger partial charge is 0.323 e. The van der Waals surface area contributed by atoms with Crippen LogP contribution in [0.5, 0.6) is 0 Å². The molecule has 0 fully saturated rings. The topological polar surface area (TPSA) is 101 Å². The van der Waals surface area contributed by atoms with E-state index in [1.807, 2.05) is 13.0 Å². The Morgan fingerprint density at radius 1 is 1.00 bits per heavy atom. The Labute approximate surface area is 193 Å². The first-order valence-corrected chi connectivity index (χ1v) is 10.2. The highest BCUT2D eigenvalue weighted by molar-refractivity contribution is 6.33. The number of urea groups is 1. The lowest BCUT2D eigenvalue weighted by Gasteiger charge is -2.09. The summed E-state index contributed by atoms with van der Waals surface area (Å²) in [5, 5.41) is 12.4. The molecule has 3 amide bonds. The maximum absolute atomic E-state index is 14.5. The Balaban J connectivity index is 1.48. The zero-order valence-corrected chi connectivity index (χ0v) is 18.1. The van der Waals surface area contributed by atoms with Crippen LogP contribution in [0.4, 0.5) is 26.4 Å². The average Bonchev–Trinajstić information content (AvgIpc) is 3.23. The Kier molecular flexibility index (Phi) is 6.32. The van der Waals surface area contributed by atoms with Gasteiger partial charge in [0.05, 0.1) is 28.8 Å². The SMILES string of the molecule is Cc1cccc(NC(=O)c2ccc(F)c(-n3cc(NC(=O)Nc4ccccc4Cl)cn3)c2)n1. The number of hydrogen-bond acceptors (Lipinski definition) is 4. The summed E-state index contributed by atoms with van der Waals surface area (Å²) in [6, 6.07) is 15.4. The van der Waals surface area contributed by atoms with Crippen molar-refractivity contribution in [3.63, 3.8) is 0 Å². The predicted octanol–water partition coefficient (Wildman–Crippen LogP) is 5.26. The van der Waals surface area contributed by atoms with Crippen LogP contribution in [0.2, 0.25) is 5.02 Å². The van der Waals surface area contributed by atoms with Gasteiger partial charge in [-0.15, -0.1) is 0 Å². The number of nitrogens with zero attached hydrogens (tertiary/aromatic N) is 3. The van der Waals surface area contributed by atoms with Crippen molar-refractivity contribution in [3.8, 4) is 5.69 Å².